The zero-order chi connectivity index (χ0) is 16.5. The first-order valence-electron chi connectivity index (χ1n) is 7.42. The molecule has 0 aliphatic carbocycles. The minimum atomic E-state index is -0.193. The fourth-order valence-corrected chi connectivity index (χ4v) is 2.09. The molecule has 23 heavy (non-hydrogen) atoms. The second-order valence-electron chi connectivity index (χ2n) is 5.13. The van der Waals surface area contributed by atoms with Gasteiger partial charge in [0, 0.05) is 20.2 Å². The molecule has 5 nitrogen and oxygen atoms in total. The summed E-state index contributed by atoms with van der Waals surface area (Å²) in [5.74, 6) is 0.801. The molecule has 2 amide bonds. The molecule has 0 saturated heterocycles. The van der Waals surface area contributed by atoms with Crippen LogP contribution in [-0.4, -0.2) is 20.3 Å². The van der Waals surface area contributed by atoms with Gasteiger partial charge in [-0.15, -0.1) is 0 Å². The van der Waals surface area contributed by atoms with Gasteiger partial charge in [0.15, 0.2) is 0 Å². The molecule has 0 fully saturated rings. The van der Waals surface area contributed by atoms with Gasteiger partial charge in [0.2, 0.25) is 0 Å². The van der Waals surface area contributed by atoms with Gasteiger partial charge in [-0.2, -0.15) is 0 Å². The fourth-order valence-electron chi connectivity index (χ4n) is 2.09. The van der Waals surface area contributed by atoms with E-state index >= 15 is 0 Å². The first-order valence-corrected chi connectivity index (χ1v) is 7.42. The lowest BCUT2D eigenvalue weighted by molar-refractivity contribution is 0.185. The number of carbonyl (C=O) groups excluding carboxylic acids is 1. The highest BCUT2D eigenvalue weighted by Gasteiger charge is 2.01. The van der Waals surface area contributed by atoms with Crippen molar-refractivity contribution in [3.05, 3.63) is 65.2 Å². The zero-order valence-electron chi connectivity index (χ0n) is 13.5. The molecule has 2 N–H and O–H groups in total. The molecular weight excluding hydrogens is 292 g/mol. The Balaban J connectivity index is 1.73. The van der Waals surface area contributed by atoms with E-state index in [0.29, 0.717) is 19.7 Å². The molecule has 0 atom stereocenters. The number of urea groups is 1. The molecule has 0 heterocycles. The van der Waals surface area contributed by atoms with Crippen molar-refractivity contribution in [2.75, 3.05) is 14.2 Å². The Labute approximate surface area is 136 Å². The largest absolute Gasteiger partial charge is 0.497 e. The van der Waals surface area contributed by atoms with Crippen molar-refractivity contribution in [3.8, 4) is 5.75 Å². The molecule has 0 aliphatic rings. The highest BCUT2D eigenvalue weighted by Crippen LogP contribution is 2.11. The summed E-state index contributed by atoms with van der Waals surface area (Å²) in [5, 5.41) is 5.66. The molecule has 0 saturated carbocycles. The number of hydrogen-bond acceptors (Lipinski definition) is 3. The maximum atomic E-state index is 11.8. The summed E-state index contributed by atoms with van der Waals surface area (Å²) in [5.41, 5.74) is 3.18. The number of methoxy groups -OCH3 is 2. The van der Waals surface area contributed by atoms with E-state index in [1.807, 2.05) is 48.5 Å². The van der Waals surface area contributed by atoms with Crippen LogP contribution >= 0.6 is 0 Å². The predicted molar refractivity (Wildman–Crippen MR) is 89.2 cm³/mol. The first-order chi connectivity index (χ1) is 11.2. The monoisotopic (exact) mass is 314 g/mol. The van der Waals surface area contributed by atoms with Gasteiger partial charge in [0.1, 0.15) is 5.75 Å². The highest BCUT2D eigenvalue weighted by atomic mass is 16.5. The molecule has 0 radical (unpaired) electrons. The molecular formula is C18H22N2O3. The average Bonchev–Trinajstić information content (AvgIpc) is 2.60. The van der Waals surface area contributed by atoms with Crippen LogP contribution < -0.4 is 15.4 Å². The van der Waals surface area contributed by atoms with E-state index in [2.05, 4.69) is 10.6 Å². The van der Waals surface area contributed by atoms with Gasteiger partial charge < -0.3 is 20.1 Å². The van der Waals surface area contributed by atoms with Crippen LogP contribution in [0.2, 0.25) is 0 Å². The topological polar surface area (TPSA) is 59.6 Å². The maximum Gasteiger partial charge on any atom is 0.315 e. The summed E-state index contributed by atoms with van der Waals surface area (Å²) >= 11 is 0. The Morgan fingerprint density at radius 3 is 1.78 bits per heavy atom. The Kier molecular flexibility index (Phi) is 6.44. The van der Waals surface area contributed by atoms with Crippen molar-refractivity contribution in [1.29, 1.82) is 0 Å². The molecule has 0 aromatic heterocycles. The van der Waals surface area contributed by atoms with E-state index in [0.717, 1.165) is 22.4 Å². The molecule has 2 rings (SSSR count). The van der Waals surface area contributed by atoms with E-state index < -0.39 is 0 Å². The van der Waals surface area contributed by atoms with Gasteiger partial charge in [-0.05, 0) is 28.8 Å². The van der Waals surface area contributed by atoms with Crippen molar-refractivity contribution in [2.45, 2.75) is 19.7 Å². The SMILES string of the molecule is COCc1ccc(CNC(=O)NCc2ccc(OC)cc2)cc1. The fraction of sp³-hybridized carbons (Fsp3) is 0.278. The summed E-state index contributed by atoms with van der Waals surface area (Å²) in [6, 6.07) is 15.4. The number of hydrogen-bond donors (Lipinski definition) is 2. The third-order valence-electron chi connectivity index (χ3n) is 3.40. The van der Waals surface area contributed by atoms with Crippen LogP contribution in [0.15, 0.2) is 48.5 Å². The Hall–Kier alpha value is -2.53. The summed E-state index contributed by atoms with van der Waals surface area (Å²) in [4.78, 5) is 11.8. The van der Waals surface area contributed by atoms with Crippen molar-refractivity contribution in [3.63, 3.8) is 0 Å². The highest BCUT2D eigenvalue weighted by molar-refractivity contribution is 5.73. The number of ether oxygens (including phenoxy) is 2. The summed E-state index contributed by atoms with van der Waals surface area (Å²) < 4.78 is 10.2. The molecule has 5 heteroatoms. The first kappa shape index (κ1) is 16.8. The van der Waals surface area contributed by atoms with Crippen molar-refractivity contribution in [2.24, 2.45) is 0 Å². The van der Waals surface area contributed by atoms with Gasteiger partial charge in [0.05, 0.1) is 13.7 Å². The second-order valence-corrected chi connectivity index (χ2v) is 5.13. The molecule has 2 aromatic carbocycles. The Morgan fingerprint density at radius 2 is 1.30 bits per heavy atom. The van der Waals surface area contributed by atoms with E-state index in [4.69, 9.17) is 9.47 Å². The van der Waals surface area contributed by atoms with Crippen LogP contribution in [0.1, 0.15) is 16.7 Å². The van der Waals surface area contributed by atoms with Gasteiger partial charge >= 0.3 is 6.03 Å². The molecule has 0 aliphatic heterocycles. The van der Waals surface area contributed by atoms with Crippen LogP contribution in [-0.2, 0) is 24.4 Å². The number of rotatable bonds is 7. The van der Waals surface area contributed by atoms with Crippen LogP contribution in [0.5, 0.6) is 5.75 Å². The maximum absolute atomic E-state index is 11.8. The standard InChI is InChI=1S/C18H22N2O3/c1-22-13-16-5-3-14(4-6-16)11-19-18(21)20-12-15-7-9-17(23-2)10-8-15/h3-10H,11-13H2,1-2H3,(H2,19,20,21). The second kappa shape index (κ2) is 8.80. The number of amides is 2. The van der Waals surface area contributed by atoms with E-state index in [1.165, 1.54) is 0 Å². The molecule has 2 aromatic rings. The van der Waals surface area contributed by atoms with Gasteiger partial charge in [-0.1, -0.05) is 36.4 Å². The molecule has 0 unspecified atom stereocenters. The van der Waals surface area contributed by atoms with Gasteiger partial charge in [-0.25, -0.2) is 4.79 Å². The Bertz CT molecular complexity index is 609. The quantitative estimate of drug-likeness (QED) is 0.826. The van der Waals surface area contributed by atoms with Gasteiger partial charge in [0.25, 0.3) is 0 Å². The molecule has 0 spiro atoms. The van der Waals surface area contributed by atoms with Crippen LogP contribution in [0, 0.1) is 0 Å². The minimum Gasteiger partial charge on any atom is -0.497 e. The third kappa shape index (κ3) is 5.64. The average molecular weight is 314 g/mol. The van der Waals surface area contributed by atoms with Crippen LogP contribution in [0.3, 0.4) is 0 Å². The third-order valence-corrected chi connectivity index (χ3v) is 3.40. The summed E-state index contributed by atoms with van der Waals surface area (Å²) in [7, 11) is 3.30. The lowest BCUT2D eigenvalue weighted by Crippen LogP contribution is -2.34. The van der Waals surface area contributed by atoms with Crippen molar-refractivity contribution >= 4 is 6.03 Å². The zero-order valence-corrected chi connectivity index (χ0v) is 13.5. The van der Waals surface area contributed by atoms with Gasteiger partial charge in [-0.3, -0.25) is 0 Å². The normalized spacial score (nSPS) is 10.2. The molecule has 122 valence electrons. The summed E-state index contributed by atoms with van der Waals surface area (Å²) in [6.45, 7) is 1.56. The smallest absolute Gasteiger partial charge is 0.315 e. The predicted octanol–water partition coefficient (Wildman–Crippen LogP) is 2.84. The van der Waals surface area contributed by atoms with E-state index in [-0.39, 0.29) is 6.03 Å². The van der Waals surface area contributed by atoms with E-state index in [9.17, 15) is 4.79 Å². The number of nitrogens with one attached hydrogen (secondary N) is 2. The lowest BCUT2D eigenvalue weighted by atomic mass is 10.1. The number of carbonyl (C=O) groups is 1. The Morgan fingerprint density at radius 1 is 0.826 bits per heavy atom. The lowest BCUT2D eigenvalue weighted by Gasteiger charge is -2.09. The summed E-state index contributed by atoms with van der Waals surface area (Å²) in [6.07, 6.45) is 0. The van der Waals surface area contributed by atoms with Crippen LogP contribution in [0.4, 0.5) is 4.79 Å². The van der Waals surface area contributed by atoms with E-state index in [1.54, 1.807) is 14.2 Å². The van der Waals surface area contributed by atoms with Crippen molar-refractivity contribution < 1.29 is 14.3 Å². The molecule has 0 bridgehead atoms. The number of benzene rings is 2. The van der Waals surface area contributed by atoms with Crippen LogP contribution in [0.25, 0.3) is 0 Å². The minimum absolute atomic E-state index is 0.193. The van der Waals surface area contributed by atoms with Crippen molar-refractivity contribution in [1.82, 2.24) is 10.6 Å².